The van der Waals surface area contributed by atoms with E-state index in [0.717, 1.165) is 50.6 Å². The SMILES string of the molecule is CCCCCNNC(CCCNC(=N)N)C(=O)c1cccc2oc(=O)c(NCCCCC)c(C)c12. The number of hydrazine groups is 1. The largest absolute Gasteiger partial charge is 0.421 e. The van der Waals surface area contributed by atoms with E-state index in [1.54, 1.807) is 18.2 Å². The van der Waals surface area contributed by atoms with Gasteiger partial charge in [-0.1, -0.05) is 51.7 Å². The van der Waals surface area contributed by atoms with Crippen molar-refractivity contribution in [3.63, 3.8) is 0 Å². The number of aryl methyl sites for hydroxylation is 1. The molecular formula is C26H42N6O3. The molecular weight excluding hydrogens is 444 g/mol. The van der Waals surface area contributed by atoms with Crippen LogP contribution in [0.25, 0.3) is 11.0 Å². The first-order valence-electron chi connectivity index (χ1n) is 12.8. The maximum Gasteiger partial charge on any atom is 0.360 e. The first kappa shape index (κ1) is 28.3. The Morgan fingerprint density at radius 1 is 1.06 bits per heavy atom. The highest BCUT2D eigenvalue weighted by Gasteiger charge is 2.24. The molecule has 35 heavy (non-hydrogen) atoms. The number of nitrogens with two attached hydrogens (primary N) is 1. The van der Waals surface area contributed by atoms with Gasteiger partial charge in [-0.3, -0.25) is 15.6 Å². The Labute approximate surface area is 208 Å². The summed E-state index contributed by atoms with van der Waals surface area (Å²) >= 11 is 0. The van der Waals surface area contributed by atoms with Crippen LogP contribution in [0.4, 0.5) is 5.69 Å². The zero-order valence-electron chi connectivity index (χ0n) is 21.4. The number of ketones is 1. The fourth-order valence-corrected chi connectivity index (χ4v) is 4.07. The molecule has 0 aliphatic carbocycles. The van der Waals surface area contributed by atoms with Crippen LogP contribution in [0.2, 0.25) is 0 Å². The fraction of sp³-hybridized carbons (Fsp3) is 0.577. The van der Waals surface area contributed by atoms with E-state index in [0.29, 0.717) is 48.2 Å². The summed E-state index contributed by atoms with van der Waals surface area (Å²) in [7, 11) is 0. The number of carbonyl (C=O) groups excluding carboxylic acids is 1. The first-order chi connectivity index (χ1) is 16.9. The fourth-order valence-electron chi connectivity index (χ4n) is 4.07. The van der Waals surface area contributed by atoms with Crippen molar-refractivity contribution >= 4 is 28.4 Å². The zero-order valence-corrected chi connectivity index (χ0v) is 21.4. The van der Waals surface area contributed by atoms with E-state index in [9.17, 15) is 9.59 Å². The molecule has 1 atom stereocenters. The Bertz CT molecular complexity index is 1020. The number of carbonyl (C=O) groups is 1. The van der Waals surface area contributed by atoms with E-state index in [-0.39, 0.29) is 11.7 Å². The number of guanidine groups is 1. The molecule has 194 valence electrons. The van der Waals surface area contributed by atoms with Crippen LogP contribution >= 0.6 is 0 Å². The van der Waals surface area contributed by atoms with Gasteiger partial charge in [0.2, 0.25) is 0 Å². The minimum atomic E-state index is -0.483. The van der Waals surface area contributed by atoms with Crippen molar-refractivity contribution in [2.75, 3.05) is 25.0 Å². The number of Topliss-reactive ketones (excluding diaryl/α,β-unsaturated/α-hetero) is 1. The Kier molecular flexibility index (Phi) is 12.3. The molecule has 2 rings (SSSR count). The van der Waals surface area contributed by atoms with Crippen LogP contribution in [-0.4, -0.2) is 37.4 Å². The van der Waals surface area contributed by atoms with Crippen molar-refractivity contribution in [3.8, 4) is 0 Å². The summed E-state index contributed by atoms with van der Waals surface area (Å²) in [5.41, 5.74) is 13.4. The number of hydrogen-bond acceptors (Lipinski definition) is 7. The second kappa shape index (κ2) is 15.2. The third-order valence-corrected chi connectivity index (χ3v) is 6.01. The number of anilines is 1. The molecule has 0 saturated heterocycles. The maximum atomic E-state index is 13.7. The maximum absolute atomic E-state index is 13.7. The Balaban J connectivity index is 2.30. The van der Waals surface area contributed by atoms with Crippen LogP contribution in [0.5, 0.6) is 0 Å². The lowest BCUT2D eigenvalue weighted by Crippen LogP contribution is -2.46. The molecule has 0 aliphatic rings. The van der Waals surface area contributed by atoms with Gasteiger partial charge in [0, 0.05) is 30.6 Å². The Hall–Kier alpha value is -2.91. The van der Waals surface area contributed by atoms with Crippen LogP contribution in [0.1, 0.15) is 81.1 Å². The average molecular weight is 487 g/mol. The van der Waals surface area contributed by atoms with Crippen molar-refractivity contribution in [3.05, 3.63) is 39.7 Å². The molecule has 2 aromatic rings. The molecule has 1 aromatic carbocycles. The zero-order chi connectivity index (χ0) is 25.6. The first-order valence-corrected chi connectivity index (χ1v) is 12.8. The van der Waals surface area contributed by atoms with Gasteiger partial charge in [0.25, 0.3) is 0 Å². The molecule has 0 radical (unpaired) electrons. The van der Waals surface area contributed by atoms with Crippen molar-refractivity contribution < 1.29 is 9.21 Å². The molecule has 0 amide bonds. The lowest BCUT2D eigenvalue weighted by Gasteiger charge is -2.20. The summed E-state index contributed by atoms with van der Waals surface area (Å²) in [5, 5.41) is 14.0. The van der Waals surface area contributed by atoms with E-state index in [1.807, 2.05) is 6.92 Å². The predicted molar refractivity (Wildman–Crippen MR) is 143 cm³/mol. The standard InChI is InChI=1S/C26H42N6O3/c1-4-6-8-15-29-23-18(3)22-19(12-10-14-21(22)35-25(23)34)24(33)20(13-11-16-30-26(27)28)32-31-17-9-7-5-2/h10,12,14,20,29,31-32H,4-9,11,13,15-17H2,1-3H3,(H4,27,28,30). The highest BCUT2D eigenvalue weighted by atomic mass is 16.4. The predicted octanol–water partition coefficient (Wildman–Crippen LogP) is 3.80. The van der Waals surface area contributed by atoms with Gasteiger partial charge in [-0.25, -0.2) is 10.2 Å². The van der Waals surface area contributed by atoms with Crippen LogP contribution in [0, 0.1) is 12.3 Å². The highest BCUT2D eigenvalue weighted by molar-refractivity contribution is 6.11. The molecule has 0 aliphatic heterocycles. The van der Waals surface area contributed by atoms with E-state index < -0.39 is 11.7 Å². The van der Waals surface area contributed by atoms with Gasteiger partial charge < -0.3 is 20.8 Å². The minimum Gasteiger partial charge on any atom is -0.421 e. The topological polar surface area (TPSA) is 145 Å². The lowest BCUT2D eigenvalue weighted by molar-refractivity contribution is 0.0929. The smallest absolute Gasteiger partial charge is 0.360 e. The number of nitrogens with one attached hydrogen (secondary N) is 5. The molecule has 0 bridgehead atoms. The van der Waals surface area contributed by atoms with Crippen LogP contribution in [-0.2, 0) is 0 Å². The number of hydrogen-bond donors (Lipinski definition) is 6. The van der Waals surface area contributed by atoms with Gasteiger partial charge >= 0.3 is 5.63 Å². The number of benzene rings is 1. The highest BCUT2D eigenvalue weighted by Crippen LogP contribution is 2.27. The molecule has 9 heteroatoms. The van der Waals surface area contributed by atoms with Crippen LogP contribution < -0.4 is 32.8 Å². The summed E-state index contributed by atoms with van der Waals surface area (Å²) in [6.45, 7) is 8.09. The molecule has 1 heterocycles. The van der Waals surface area contributed by atoms with Gasteiger partial charge in [0.05, 0.1) is 6.04 Å². The number of rotatable bonds is 17. The van der Waals surface area contributed by atoms with Crippen LogP contribution in [0.15, 0.2) is 27.4 Å². The van der Waals surface area contributed by atoms with Gasteiger partial charge in [-0.2, -0.15) is 0 Å². The normalized spacial score (nSPS) is 12.0. The van der Waals surface area contributed by atoms with Crippen molar-refractivity contribution in [2.45, 2.75) is 78.2 Å². The second-order valence-electron chi connectivity index (χ2n) is 8.88. The molecule has 0 fully saturated rings. The summed E-state index contributed by atoms with van der Waals surface area (Å²) in [5.74, 6) is -0.160. The monoisotopic (exact) mass is 486 g/mol. The van der Waals surface area contributed by atoms with Gasteiger partial charge in [0.15, 0.2) is 11.7 Å². The van der Waals surface area contributed by atoms with Gasteiger partial charge in [-0.05, 0) is 44.2 Å². The third-order valence-electron chi connectivity index (χ3n) is 6.01. The minimum absolute atomic E-state index is 0.0738. The van der Waals surface area contributed by atoms with E-state index in [4.69, 9.17) is 15.6 Å². The van der Waals surface area contributed by atoms with Crippen molar-refractivity contribution in [1.29, 1.82) is 5.41 Å². The quantitative estimate of drug-likeness (QED) is 0.0494. The second-order valence-corrected chi connectivity index (χ2v) is 8.88. The lowest BCUT2D eigenvalue weighted by atomic mass is 9.95. The summed E-state index contributed by atoms with van der Waals surface area (Å²) in [6.07, 6.45) is 7.58. The molecule has 9 nitrogen and oxygen atoms in total. The molecule has 1 aromatic heterocycles. The summed E-state index contributed by atoms with van der Waals surface area (Å²) in [6, 6.07) is 4.78. The van der Waals surface area contributed by atoms with Gasteiger partial charge in [-0.15, -0.1) is 0 Å². The van der Waals surface area contributed by atoms with Crippen molar-refractivity contribution in [2.24, 2.45) is 5.73 Å². The third kappa shape index (κ3) is 8.67. The molecule has 1 unspecified atom stereocenters. The summed E-state index contributed by atoms with van der Waals surface area (Å²) in [4.78, 5) is 26.3. The Morgan fingerprint density at radius 3 is 2.46 bits per heavy atom. The van der Waals surface area contributed by atoms with Gasteiger partial charge in [0.1, 0.15) is 11.3 Å². The number of unbranched alkanes of at least 4 members (excludes halogenated alkanes) is 4. The molecule has 7 N–H and O–H groups in total. The van der Waals surface area contributed by atoms with Crippen LogP contribution in [0.3, 0.4) is 0 Å². The Morgan fingerprint density at radius 2 is 1.77 bits per heavy atom. The molecule has 0 spiro atoms. The van der Waals surface area contributed by atoms with E-state index in [2.05, 4.69) is 35.3 Å². The molecule has 0 saturated carbocycles. The van der Waals surface area contributed by atoms with E-state index in [1.165, 1.54) is 0 Å². The summed E-state index contributed by atoms with van der Waals surface area (Å²) < 4.78 is 5.60. The number of fused-ring (bicyclic) bond motifs is 1. The van der Waals surface area contributed by atoms with Crippen molar-refractivity contribution in [1.82, 2.24) is 16.2 Å². The average Bonchev–Trinajstić information content (AvgIpc) is 2.83. The van der Waals surface area contributed by atoms with E-state index >= 15 is 0 Å².